The molecule has 1 aliphatic rings. The number of hydrogen-bond donors (Lipinski definition) is 2. The standard InChI is InChI=1S/C12H18N2O3S/c1-17-11-4-2-3-5-12(11)18(15,16)14-8-10(13)9-6-7-9/h2-5,9-10,14H,6-8,13H2,1H3. The number of benzene rings is 1. The third-order valence-electron chi connectivity index (χ3n) is 3.10. The normalized spacial score (nSPS) is 17.4. The number of rotatable bonds is 6. The van der Waals surface area contributed by atoms with Crippen molar-refractivity contribution in [1.82, 2.24) is 4.72 Å². The van der Waals surface area contributed by atoms with Crippen LogP contribution in [0, 0.1) is 5.92 Å². The van der Waals surface area contributed by atoms with Crippen LogP contribution in [0.2, 0.25) is 0 Å². The number of ether oxygens (including phenoxy) is 1. The smallest absolute Gasteiger partial charge is 0.244 e. The average Bonchev–Trinajstić information content (AvgIpc) is 3.20. The summed E-state index contributed by atoms with van der Waals surface area (Å²) in [7, 11) is -2.11. The topological polar surface area (TPSA) is 81.4 Å². The van der Waals surface area contributed by atoms with Gasteiger partial charge in [-0.1, -0.05) is 12.1 Å². The van der Waals surface area contributed by atoms with E-state index in [2.05, 4.69) is 4.72 Å². The van der Waals surface area contributed by atoms with E-state index in [1.54, 1.807) is 18.2 Å². The lowest BCUT2D eigenvalue weighted by Gasteiger charge is -2.13. The fourth-order valence-corrected chi connectivity index (χ4v) is 3.06. The molecule has 18 heavy (non-hydrogen) atoms. The Morgan fingerprint density at radius 2 is 2.11 bits per heavy atom. The van der Waals surface area contributed by atoms with Gasteiger partial charge in [-0.2, -0.15) is 0 Å². The highest BCUT2D eigenvalue weighted by Crippen LogP contribution is 2.31. The molecule has 1 atom stereocenters. The van der Waals surface area contributed by atoms with E-state index in [0.29, 0.717) is 11.7 Å². The van der Waals surface area contributed by atoms with Gasteiger partial charge < -0.3 is 10.5 Å². The number of hydrogen-bond acceptors (Lipinski definition) is 4. The van der Waals surface area contributed by atoms with Gasteiger partial charge in [-0.15, -0.1) is 0 Å². The number of para-hydroxylation sites is 1. The van der Waals surface area contributed by atoms with Crippen LogP contribution in [0.1, 0.15) is 12.8 Å². The van der Waals surface area contributed by atoms with Gasteiger partial charge >= 0.3 is 0 Å². The summed E-state index contributed by atoms with van der Waals surface area (Å²) < 4.78 is 31.8. The first-order valence-electron chi connectivity index (χ1n) is 5.93. The monoisotopic (exact) mass is 270 g/mol. The molecule has 1 aromatic carbocycles. The maximum atomic E-state index is 12.1. The van der Waals surface area contributed by atoms with Crippen LogP contribution in [0.5, 0.6) is 5.75 Å². The van der Waals surface area contributed by atoms with Crippen molar-refractivity contribution in [1.29, 1.82) is 0 Å². The summed E-state index contributed by atoms with van der Waals surface area (Å²) in [6, 6.07) is 6.43. The molecule has 0 saturated heterocycles. The summed E-state index contributed by atoms with van der Waals surface area (Å²) in [4.78, 5) is 0.149. The number of nitrogens with one attached hydrogen (secondary N) is 1. The summed E-state index contributed by atoms with van der Waals surface area (Å²) in [6.45, 7) is 0.269. The Balaban J connectivity index is 2.09. The molecule has 0 amide bonds. The zero-order valence-electron chi connectivity index (χ0n) is 10.3. The highest BCUT2D eigenvalue weighted by atomic mass is 32.2. The minimum Gasteiger partial charge on any atom is -0.495 e. The van der Waals surface area contributed by atoms with Gasteiger partial charge in [0.25, 0.3) is 0 Å². The number of nitrogens with two attached hydrogens (primary N) is 1. The van der Waals surface area contributed by atoms with Gasteiger partial charge in [0, 0.05) is 12.6 Å². The van der Waals surface area contributed by atoms with E-state index in [0.717, 1.165) is 12.8 Å². The molecule has 0 aromatic heterocycles. The van der Waals surface area contributed by atoms with Gasteiger partial charge in [-0.3, -0.25) is 0 Å². The van der Waals surface area contributed by atoms with Crippen molar-refractivity contribution < 1.29 is 13.2 Å². The molecule has 0 aliphatic heterocycles. The van der Waals surface area contributed by atoms with Crippen molar-refractivity contribution in [2.75, 3.05) is 13.7 Å². The lowest BCUT2D eigenvalue weighted by Crippen LogP contribution is -2.38. The van der Waals surface area contributed by atoms with Gasteiger partial charge in [0.05, 0.1) is 7.11 Å². The quantitative estimate of drug-likeness (QED) is 0.797. The van der Waals surface area contributed by atoms with Crippen molar-refractivity contribution in [3.05, 3.63) is 24.3 Å². The largest absolute Gasteiger partial charge is 0.495 e. The van der Waals surface area contributed by atoms with Gasteiger partial charge in [0.15, 0.2) is 0 Å². The van der Waals surface area contributed by atoms with Crippen LogP contribution >= 0.6 is 0 Å². The Bertz CT molecular complexity index is 512. The molecule has 6 heteroatoms. The van der Waals surface area contributed by atoms with Gasteiger partial charge in [-0.05, 0) is 30.9 Å². The predicted molar refractivity (Wildman–Crippen MR) is 68.9 cm³/mol. The Hall–Kier alpha value is -1.11. The van der Waals surface area contributed by atoms with Crippen molar-refractivity contribution in [3.63, 3.8) is 0 Å². The zero-order valence-corrected chi connectivity index (χ0v) is 11.1. The van der Waals surface area contributed by atoms with Crippen molar-refractivity contribution in [3.8, 4) is 5.75 Å². The molecule has 1 fully saturated rings. The SMILES string of the molecule is COc1ccccc1S(=O)(=O)NCC(N)C1CC1. The molecule has 0 heterocycles. The molecule has 0 radical (unpaired) electrons. The first kappa shape index (κ1) is 13.3. The van der Waals surface area contributed by atoms with Gasteiger partial charge in [-0.25, -0.2) is 13.1 Å². The maximum absolute atomic E-state index is 12.1. The van der Waals surface area contributed by atoms with Crippen molar-refractivity contribution in [2.24, 2.45) is 11.7 Å². The molecule has 0 spiro atoms. The van der Waals surface area contributed by atoms with E-state index in [-0.39, 0.29) is 17.5 Å². The average molecular weight is 270 g/mol. The summed E-state index contributed by atoms with van der Waals surface area (Å²) in [5.41, 5.74) is 5.88. The molecule has 1 aliphatic carbocycles. The lowest BCUT2D eigenvalue weighted by molar-refractivity contribution is 0.402. The molecule has 3 N–H and O–H groups in total. The molecule has 0 bridgehead atoms. The Morgan fingerprint density at radius 3 is 2.72 bits per heavy atom. The van der Waals surface area contributed by atoms with Crippen molar-refractivity contribution >= 4 is 10.0 Å². The van der Waals surface area contributed by atoms with Gasteiger partial charge in [0.1, 0.15) is 10.6 Å². The fourth-order valence-electron chi connectivity index (χ4n) is 1.82. The van der Waals surface area contributed by atoms with Crippen LogP contribution in [0.4, 0.5) is 0 Å². The second-order valence-electron chi connectivity index (χ2n) is 4.50. The van der Waals surface area contributed by atoms with Gasteiger partial charge in [0.2, 0.25) is 10.0 Å². The van der Waals surface area contributed by atoms with Crippen LogP contribution < -0.4 is 15.2 Å². The van der Waals surface area contributed by atoms with E-state index < -0.39 is 10.0 Å². The summed E-state index contributed by atoms with van der Waals surface area (Å²) in [5.74, 6) is 0.801. The predicted octanol–water partition coefficient (Wildman–Crippen LogP) is 0.711. The van der Waals surface area contributed by atoms with Crippen LogP contribution in [0.3, 0.4) is 0 Å². The molecule has 1 unspecified atom stereocenters. The third-order valence-corrected chi connectivity index (χ3v) is 4.56. The van der Waals surface area contributed by atoms with Crippen LogP contribution in [-0.2, 0) is 10.0 Å². The van der Waals surface area contributed by atoms with Crippen LogP contribution in [0.15, 0.2) is 29.2 Å². The van der Waals surface area contributed by atoms with E-state index in [1.807, 2.05) is 0 Å². The Labute approximate surface area is 107 Å². The minimum absolute atomic E-state index is 0.102. The summed E-state index contributed by atoms with van der Waals surface area (Å²) in [6.07, 6.45) is 2.19. The first-order chi connectivity index (χ1) is 8.54. The number of methoxy groups -OCH3 is 1. The second-order valence-corrected chi connectivity index (χ2v) is 6.24. The van der Waals surface area contributed by atoms with Crippen LogP contribution in [-0.4, -0.2) is 28.1 Å². The molecule has 1 saturated carbocycles. The lowest BCUT2D eigenvalue weighted by atomic mass is 10.2. The Kier molecular flexibility index (Phi) is 3.89. The second kappa shape index (κ2) is 5.26. The van der Waals surface area contributed by atoms with Crippen LogP contribution in [0.25, 0.3) is 0 Å². The van der Waals surface area contributed by atoms with E-state index in [1.165, 1.54) is 13.2 Å². The third kappa shape index (κ3) is 3.01. The molecular formula is C12H18N2O3S. The molecule has 5 nitrogen and oxygen atoms in total. The van der Waals surface area contributed by atoms with Crippen molar-refractivity contribution in [2.45, 2.75) is 23.8 Å². The summed E-state index contributed by atoms with van der Waals surface area (Å²) in [5, 5.41) is 0. The molecule has 100 valence electrons. The molecule has 2 rings (SSSR count). The maximum Gasteiger partial charge on any atom is 0.244 e. The Morgan fingerprint density at radius 1 is 1.44 bits per heavy atom. The van der Waals surface area contributed by atoms with E-state index in [9.17, 15) is 8.42 Å². The van der Waals surface area contributed by atoms with E-state index >= 15 is 0 Å². The zero-order chi connectivity index (χ0) is 13.2. The first-order valence-corrected chi connectivity index (χ1v) is 7.41. The van der Waals surface area contributed by atoms with E-state index in [4.69, 9.17) is 10.5 Å². The summed E-state index contributed by atoms with van der Waals surface area (Å²) >= 11 is 0. The fraction of sp³-hybridized carbons (Fsp3) is 0.500. The highest BCUT2D eigenvalue weighted by molar-refractivity contribution is 7.89. The highest BCUT2D eigenvalue weighted by Gasteiger charge is 2.29. The minimum atomic E-state index is -3.56. The number of sulfonamides is 1. The molecular weight excluding hydrogens is 252 g/mol. The molecule has 1 aromatic rings.